The third-order valence-corrected chi connectivity index (χ3v) is 2.12. The van der Waals surface area contributed by atoms with Crippen molar-refractivity contribution >= 4 is 6.09 Å². The van der Waals surface area contributed by atoms with Gasteiger partial charge in [0, 0.05) is 6.54 Å². The van der Waals surface area contributed by atoms with E-state index >= 15 is 0 Å². The summed E-state index contributed by atoms with van der Waals surface area (Å²) in [6.45, 7) is 11.6. The van der Waals surface area contributed by atoms with Crippen LogP contribution >= 0.6 is 0 Å². The van der Waals surface area contributed by atoms with Crippen LogP contribution in [0.4, 0.5) is 4.79 Å². The van der Waals surface area contributed by atoms with Gasteiger partial charge < -0.3 is 10.1 Å². The van der Waals surface area contributed by atoms with Crippen LogP contribution in [0.15, 0.2) is 0 Å². The summed E-state index contributed by atoms with van der Waals surface area (Å²) in [6.07, 6.45) is 4.36. The smallest absolute Gasteiger partial charge is 0.407 e. The van der Waals surface area contributed by atoms with Crippen molar-refractivity contribution < 1.29 is 9.53 Å². The van der Waals surface area contributed by atoms with Crippen LogP contribution in [0, 0.1) is 5.92 Å². The fourth-order valence-electron chi connectivity index (χ4n) is 1.03. The third-order valence-electron chi connectivity index (χ3n) is 2.12. The van der Waals surface area contributed by atoms with Crippen molar-refractivity contribution in [3.05, 3.63) is 0 Å². The van der Waals surface area contributed by atoms with Crippen molar-refractivity contribution in [1.82, 2.24) is 5.32 Å². The Morgan fingerprint density at radius 2 is 1.81 bits per heavy atom. The second kappa shape index (κ2) is 14.3. The molecular formula is C13H29NO2. The molecule has 0 aromatic carbocycles. The molecule has 0 heterocycles. The zero-order chi connectivity index (χ0) is 12.8. The van der Waals surface area contributed by atoms with E-state index in [4.69, 9.17) is 4.74 Å². The molecule has 0 radical (unpaired) electrons. The summed E-state index contributed by atoms with van der Waals surface area (Å²) >= 11 is 0. The summed E-state index contributed by atoms with van der Waals surface area (Å²) in [7, 11) is 0. The molecule has 0 aliphatic rings. The monoisotopic (exact) mass is 231 g/mol. The number of alkyl carbamates (subject to hydrolysis) is 1. The molecule has 0 rings (SSSR count). The summed E-state index contributed by atoms with van der Waals surface area (Å²) in [5, 5.41) is 2.70. The predicted molar refractivity (Wildman–Crippen MR) is 69.7 cm³/mol. The lowest BCUT2D eigenvalue weighted by molar-refractivity contribution is 0.152. The minimum Gasteiger partial charge on any atom is -0.450 e. The van der Waals surface area contributed by atoms with E-state index in [1.165, 1.54) is 19.3 Å². The first-order valence-corrected chi connectivity index (χ1v) is 6.52. The van der Waals surface area contributed by atoms with E-state index in [1.54, 1.807) is 6.92 Å². The Labute approximate surface area is 101 Å². The number of hydrogen-bond acceptors (Lipinski definition) is 2. The number of rotatable bonds is 6. The fourth-order valence-corrected chi connectivity index (χ4v) is 1.03. The van der Waals surface area contributed by atoms with Gasteiger partial charge in [-0.3, -0.25) is 0 Å². The molecule has 1 amide bonds. The second-order valence-electron chi connectivity index (χ2n) is 4.01. The van der Waals surface area contributed by atoms with Crippen LogP contribution in [0.1, 0.15) is 60.3 Å². The van der Waals surface area contributed by atoms with E-state index in [1.807, 2.05) is 0 Å². The van der Waals surface area contributed by atoms with Gasteiger partial charge in [0.1, 0.15) is 0 Å². The van der Waals surface area contributed by atoms with Crippen LogP contribution in [0.5, 0.6) is 0 Å². The molecule has 0 aliphatic carbocycles. The van der Waals surface area contributed by atoms with Gasteiger partial charge in [0.05, 0.1) is 6.61 Å². The van der Waals surface area contributed by atoms with Crippen molar-refractivity contribution in [2.45, 2.75) is 60.3 Å². The molecule has 3 nitrogen and oxygen atoms in total. The van der Waals surface area contributed by atoms with Crippen LogP contribution in [0.3, 0.4) is 0 Å². The largest absolute Gasteiger partial charge is 0.450 e. The first-order valence-electron chi connectivity index (χ1n) is 6.52. The lowest BCUT2D eigenvalue weighted by Crippen LogP contribution is -2.25. The number of hydrogen-bond donors (Lipinski definition) is 1. The number of carbonyl (C=O) groups is 1. The van der Waals surface area contributed by atoms with Gasteiger partial charge >= 0.3 is 6.09 Å². The minimum atomic E-state index is -0.299. The van der Waals surface area contributed by atoms with Crippen molar-refractivity contribution in [3.8, 4) is 0 Å². The molecule has 0 fully saturated rings. The highest BCUT2D eigenvalue weighted by atomic mass is 16.5. The lowest BCUT2D eigenvalue weighted by atomic mass is 10.0. The lowest BCUT2D eigenvalue weighted by Gasteiger charge is -2.08. The Morgan fingerprint density at radius 1 is 1.25 bits per heavy atom. The predicted octanol–water partition coefficient (Wildman–Crippen LogP) is 3.98. The third kappa shape index (κ3) is 15.7. The topological polar surface area (TPSA) is 38.3 Å². The molecule has 0 aromatic rings. The molecule has 98 valence electrons. The zero-order valence-corrected chi connectivity index (χ0v) is 11.6. The molecule has 1 unspecified atom stereocenters. The van der Waals surface area contributed by atoms with Gasteiger partial charge in [-0.2, -0.15) is 0 Å². The fraction of sp³-hybridized carbons (Fsp3) is 0.923. The average Bonchev–Trinajstić information content (AvgIpc) is 2.25. The van der Waals surface area contributed by atoms with Crippen molar-refractivity contribution in [2.24, 2.45) is 5.92 Å². The van der Waals surface area contributed by atoms with Crippen LogP contribution in [-0.2, 0) is 4.74 Å². The van der Waals surface area contributed by atoms with Gasteiger partial charge in [-0.15, -0.1) is 0 Å². The van der Waals surface area contributed by atoms with Crippen LogP contribution < -0.4 is 5.32 Å². The zero-order valence-electron chi connectivity index (χ0n) is 11.6. The minimum absolute atomic E-state index is 0.299. The van der Waals surface area contributed by atoms with E-state index in [0.29, 0.717) is 6.61 Å². The SMILES string of the molecule is CCC.CCOC(=O)NCCCC(C)CC. The Morgan fingerprint density at radius 3 is 2.25 bits per heavy atom. The molecule has 16 heavy (non-hydrogen) atoms. The standard InChI is InChI=1S/C10H21NO2.C3H8/c1-4-9(3)7-6-8-11-10(12)13-5-2;1-3-2/h9H,4-8H2,1-3H3,(H,11,12);3H2,1-2H3. The molecule has 0 bridgehead atoms. The van der Waals surface area contributed by atoms with E-state index < -0.39 is 0 Å². The molecule has 1 N–H and O–H groups in total. The van der Waals surface area contributed by atoms with Gasteiger partial charge in [-0.25, -0.2) is 4.79 Å². The number of ether oxygens (including phenoxy) is 1. The van der Waals surface area contributed by atoms with Crippen LogP contribution in [0.2, 0.25) is 0 Å². The Bertz CT molecular complexity index is 149. The summed E-state index contributed by atoms with van der Waals surface area (Å²) in [6, 6.07) is 0. The van der Waals surface area contributed by atoms with Crippen molar-refractivity contribution in [2.75, 3.05) is 13.2 Å². The summed E-state index contributed by atoms with van der Waals surface area (Å²) < 4.78 is 4.73. The highest BCUT2D eigenvalue weighted by Gasteiger charge is 2.00. The Hall–Kier alpha value is -0.730. The van der Waals surface area contributed by atoms with Crippen LogP contribution in [-0.4, -0.2) is 19.2 Å². The van der Waals surface area contributed by atoms with Gasteiger partial charge in [-0.1, -0.05) is 40.5 Å². The number of nitrogens with one attached hydrogen (secondary N) is 1. The summed E-state index contributed by atoms with van der Waals surface area (Å²) in [5.74, 6) is 0.754. The molecule has 0 saturated carbocycles. The summed E-state index contributed by atoms with van der Waals surface area (Å²) in [4.78, 5) is 10.8. The Balaban J connectivity index is 0. The molecule has 0 aromatic heterocycles. The van der Waals surface area contributed by atoms with Crippen molar-refractivity contribution in [1.29, 1.82) is 0 Å². The van der Waals surface area contributed by atoms with Gasteiger partial charge in [0.25, 0.3) is 0 Å². The maximum absolute atomic E-state index is 10.8. The maximum atomic E-state index is 10.8. The molecule has 0 aliphatic heterocycles. The van der Waals surface area contributed by atoms with Gasteiger partial charge in [0.2, 0.25) is 0 Å². The molecule has 3 heteroatoms. The van der Waals surface area contributed by atoms with E-state index in [0.717, 1.165) is 18.9 Å². The maximum Gasteiger partial charge on any atom is 0.407 e. The number of amides is 1. The Kier molecular flexibility index (Phi) is 15.7. The number of carbonyl (C=O) groups excluding carboxylic acids is 1. The molecular weight excluding hydrogens is 202 g/mol. The first-order chi connectivity index (χ1) is 7.62. The normalized spacial score (nSPS) is 11.1. The molecule has 0 saturated heterocycles. The van der Waals surface area contributed by atoms with Gasteiger partial charge in [-0.05, 0) is 25.7 Å². The van der Waals surface area contributed by atoms with E-state index in [2.05, 4.69) is 33.0 Å². The average molecular weight is 231 g/mol. The quantitative estimate of drug-likeness (QED) is 0.702. The van der Waals surface area contributed by atoms with E-state index in [-0.39, 0.29) is 6.09 Å². The van der Waals surface area contributed by atoms with Gasteiger partial charge in [0.15, 0.2) is 0 Å². The summed E-state index contributed by atoms with van der Waals surface area (Å²) in [5.41, 5.74) is 0. The highest BCUT2D eigenvalue weighted by molar-refractivity contribution is 5.66. The first kappa shape index (κ1) is 17.7. The van der Waals surface area contributed by atoms with E-state index in [9.17, 15) is 4.79 Å². The van der Waals surface area contributed by atoms with Crippen molar-refractivity contribution in [3.63, 3.8) is 0 Å². The highest BCUT2D eigenvalue weighted by Crippen LogP contribution is 2.07. The van der Waals surface area contributed by atoms with Crippen LogP contribution in [0.25, 0.3) is 0 Å². The molecule has 1 atom stereocenters. The second-order valence-corrected chi connectivity index (χ2v) is 4.01. The molecule has 0 spiro atoms.